The summed E-state index contributed by atoms with van der Waals surface area (Å²) in [5.41, 5.74) is 0. The molecule has 1 saturated heterocycles. The molecule has 2 N–H and O–H groups in total. The average Bonchev–Trinajstić information content (AvgIpc) is 1.85. The zero-order chi connectivity index (χ0) is 8.32. The van der Waals surface area contributed by atoms with Crippen molar-refractivity contribution in [1.29, 1.82) is 0 Å². The van der Waals surface area contributed by atoms with Crippen LogP contribution in [0.1, 0.15) is 6.42 Å². The number of rotatable bonds is 1. The van der Waals surface area contributed by atoms with Crippen LogP contribution in [0.25, 0.3) is 0 Å². The van der Waals surface area contributed by atoms with Crippen LogP contribution < -0.4 is 10.6 Å². The van der Waals surface area contributed by atoms with Crippen molar-refractivity contribution in [2.24, 2.45) is 0 Å². The molecule has 0 aliphatic carbocycles. The van der Waals surface area contributed by atoms with E-state index in [0.717, 1.165) is 6.54 Å². The van der Waals surface area contributed by atoms with E-state index < -0.39 is 18.6 Å². The van der Waals surface area contributed by atoms with Gasteiger partial charge in [-0.25, -0.2) is 0 Å². The molecule has 2 nitrogen and oxygen atoms in total. The molecule has 11 heavy (non-hydrogen) atoms. The highest BCUT2D eigenvalue weighted by atomic mass is 19.4. The Hall–Kier alpha value is -0.290. The maximum absolute atomic E-state index is 11.8. The van der Waals surface area contributed by atoms with Gasteiger partial charge in [0.1, 0.15) is 0 Å². The van der Waals surface area contributed by atoms with E-state index in [2.05, 4.69) is 10.6 Å². The van der Waals surface area contributed by atoms with E-state index in [1.165, 1.54) is 0 Å². The van der Waals surface area contributed by atoms with E-state index in [0.29, 0.717) is 13.1 Å². The van der Waals surface area contributed by atoms with Gasteiger partial charge >= 0.3 is 6.18 Å². The Bertz CT molecular complexity index is 117. The Morgan fingerprint density at radius 1 is 1.27 bits per heavy atom. The van der Waals surface area contributed by atoms with Gasteiger partial charge in [-0.15, -0.1) is 0 Å². The SMILES string of the molecule is FC(F)(F)C[C@H]1CNCCN1. The van der Waals surface area contributed by atoms with Crippen LogP contribution in [0.2, 0.25) is 0 Å². The van der Waals surface area contributed by atoms with Crippen LogP contribution in [-0.4, -0.2) is 31.9 Å². The van der Waals surface area contributed by atoms with Crippen molar-refractivity contribution in [2.45, 2.75) is 18.6 Å². The Labute approximate surface area is 63.2 Å². The standard InChI is InChI=1S/C6H11F3N2/c7-6(8,9)3-5-4-10-1-2-11-5/h5,10-11H,1-4H2/t5-/m0/s1. The first-order valence-corrected chi connectivity index (χ1v) is 3.59. The van der Waals surface area contributed by atoms with Gasteiger partial charge in [0.05, 0.1) is 6.42 Å². The molecule has 1 atom stereocenters. The molecule has 0 aromatic carbocycles. The van der Waals surface area contributed by atoms with Crippen LogP contribution in [0.3, 0.4) is 0 Å². The molecule has 0 amide bonds. The van der Waals surface area contributed by atoms with E-state index in [9.17, 15) is 13.2 Å². The van der Waals surface area contributed by atoms with E-state index in [1.807, 2.05) is 0 Å². The second-order valence-electron chi connectivity index (χ2n) is 2.67. The molecule has 1 rings (SSSR count). The van der Waals surface area contributed by atoms with E-state index in [-0.39, 0.29) is 0 Å². The normalized spacial score (nSPS) is 27.0. The fraction of sp³-hybridized carbons (Fsp3) is 1.00. The number of halogens is 3. The number of hydrogen-bond acceptors (Lipinski definition) is 2. The molecule has 66 valence electrons. The molecule has 5 heteroatoms. The lowest BCUT2D eigenvalue weighted by Gasteiger charge is -2.25. The van der Waals surface area contributed by atoms with Crippen LogP contribution in [0.15, 0.2) is 0 Å². The summed E-state index contributed by atoms with van der Waals surface area (Å²) in [5, 5.41) is 5.69. The fourth-order valence-corrected chi connectivity index (χ4v) is 1.14. The summed E-state index contributed by atoms with van der Waals surface area (Å²) in [6.07, 6.45) is -4.78. The van der Waals surface area contributed by atoms with Gasteiger partial charge in [0.2, 0.25) is 0 Å². The number of alkyl halides is 3. The predicted octanol–water partition coefficient (Wildman–Crippen LogP) is 0.500. The molecule has 0 radical (unpaired) electrons. The fourth-order valence-electron chi connectivity index (χ4n) is 1.14. The van der Waals surface area contributed by atoms with Crippen LogP contribution in [0.5, 0.6) is 0 Å². The molecule has 0 saturated carbocycles. The smallest absolute Gasteiger partial charge is 0.314 e. The molecule has 1 heterocycles. The lowest BCUT2D eigenvalue weighted by atomic mass is 10.1. The molecular weight excluding hydrogens is 157 g/mol. The third-order valence-corrected chi connectivity index (χ3v) is 1.60. The largest absolute Gasteiger partial charge is 0.390 e. The van der Waals surface area contributed by atoms with Gasteiger partial charge in [0.25, 0.3) is 0 Å². The number of piperazine rings is 1. The van der Waals surface area contributed by atoms with Crippen LogP contribution in [-0.2, 0) is 0 Å². The van der Waals surface area contributed by atoms with Crippen molar-refractivity contribution >= 4 is 0 Å². The molecule has 0 unspecified atom stereocenters. The lowest BCUT2D eigenvalue weighted by Crippen LogP contribution is -2.49. The Kier molecular flexibility index (Phi) is 2.72. The molecule has 0 spiro atoms. The minimum absolute atomic E-state index is 0.416. The first-order valence-electron chi connectivity index (χ1n) is 3.59. The van der Waals surface area contributed by atoms with Gasteiger partial charge in [-0.2, -0.15) is 13.2 Å². The Morgan fingerprint density at radius 2 is 2.00 bits per heavy atom. The van der Waals surface area contributed by atoms with E-state index in [1.54, 1.807) is 0 Å². The first kappa shape index (κ1) is 8.80. The molecular formula is C6H11F3N2. The van der Waals surface area contributed by atoms with Crippen molar-refractivity contribution in [3.63, 3.8) is 0 Å². The summed E-state index contributed by atoms with van der Waals surface area (Å²) in [6.45, 7) is 1.80. The average molecular weight is 168 g/mol. The summed E-state index contributed by atoms with van der Waals surface area (Å²) in [6, 6.07) is -0.441. The highest BCUT2D eigenvalue weighted by Crippen LogP contribution is 2.21. The monoisotopic (exact) mass is 168 g/mol. The first-order chi connectivity index (χ1) is 5.08. The topological polar surface area (TPSA) is 24.1 Å². The Balaban J connectivity index is 2.24. The second kappa shape index (κ2) is 3.40. The van der Waals surface area contributed by atoms with Gasteiger partial charge in [0.15, 0.2) is 0 Å². The van der Waals surface area contributed by atoms with Gasteiger partial charge in [-0.3, -0.25) is 0 Å². The quantitative estimate of drug-likeness (QED) is 0.595. The third-order valence-electron chi connectivity index (χ3n) is 1.60. The van der Waals surface area contributed by atoms with E-state index in [4.69, 9.17) is 0 Å². The highest BCUT2D eigenvalue weighted by Gasteiger charge is 2.32. The Morgan fingerprint density at radius 3 is 2.45 bits per heavy atom. The minimum atomic E-state index is -4.04. The lowest BCUT2D eigenvalue weighted by molar-refractivity contribution is -0.140. The molecule has 0 aromatic rings. The molecule has 0 bridgehead atoms. The van der Waals surface area contributed by atoms with Crippen molar-refractivity contribution in [3.8, 4) is 0 Å². The van der Waals surface area contributed by atoms with Crippen LogP contribution in [0, 0.1) is 0 Å². The number of nitrogens with one attached hydrogen (secondary N) is 2. The molecule has 1 aliphatic rings. The van der Waals surface area contributed by atoms with Gasteiger partial charge in [0, 0.05) is 25.7 Å². The van der Waals surface area contributed by atoms with Crippen LogP contribution >= 0.6 is 0 Å². The van der Waals surface area contributed by atoms with Crippen molar-refractivity contribution in [1.82, 2.24) is 10.6 Å². The van der Waals surface area contributed by atoms with Gasteiger partial charge < -0.3 is 10.6 Å². The summed E-state index contributed by atoms with van der Waals surface area (Å²) in [7, 11) is 0. The van der Waals surface area contributed by atoms with Crippen molar-refractivity contribution in [2.75, 3.05) is 19.6 Å². The number of hydrogen-bond donors (Lipinski definition) is 2. The summed E-state index contributed by atoms with van der Waals surface area (Å²) < 4.78 is 35.3. The highest BCUT2D eigenvalue weighted by molar-refractivity contribution is 4.77. The molecule has 1 aliphatic heterocycles. The summed E-state index contributed by atoms with van der Waals surface area (Å²) >= 11 is 0. The molecule has 1 fully saturated rings. The van der Waals surface area contributed by atoms with E-state index >= 15 is 0 Å². The van der Waals surface area contributed by atoms with Crippen molar-refractivity contribution in [3.05, 3.63) is 0 Å². The molecule has 0 aromatic heterocycles. The van der Waals surface area contributed by atoms with Crippen molar-refractivity contribution < 1.29 is 13.2 Å². The predicted molar refractivity (Wildman–Crippen MR) is 35.3 cm³/mol. The third kappa shape index (κ3) is 3.57. The second-order valence-corrected chi connectivity index (χ2v) is 2.67. The maximum atomic E-state index is 11.8. The van der Waals surface area contributed by atoms with Gasteiger partial charge in [-0.1, -0.05) is 0 Å². The summed E-state index contributed by atoms with van der Waals surface area (Å²) in [4.78, 5) is 0. The minimum Gasteiger partial charge on any atom is -0.314 e. The van der Waals surface area contributed by atoms with Gasteiger partial charge in [-0.05, 0) is 0 Å². The zero-order valence-corrected chi connectivity index (χ0v) is 6.04. The van der Waals surface area contributed by atoms with Crippen LogP contribution in [0.4, 0.5) is 13.2 Å². The summed E-state index contributed by atoms with van der Waals surface area (Å²) in [5.74, 6) is 0. The maximum Gasteiger partial charge on any atom is 0.390 e. The zero-order valence-electron chi connectivity index (χ0n) is 6.04.